The summed E-state index contributed by atoms with van der Waals surface area (Å²) in [6.07, 6.45) is -8.17. The highest BCUT2D eigenvalue weighted by Gasteiger charge is 2.68. The van der Waals surface area contributed by atoms with Gasteiger partial charge in [0, 0.05) is 5.56 Å². The number of allylic oxidation sites excluding steroid dienone is 6. The normalized spacial score (nSPS) is 17.8. The van der Waals surface area contributed by atoms with Gasteiger partial charge in [0.25, 0.3) is 0 Å². The van der Waals surface area contributed by atoms with Crippen molar-refractivity contribution in [2.75, 3.05) is 0 Å². The second-order valence-electron chi connectivity index (χ2n) is 5.27. The molecule has 0 unspecified atom stereocenters. The molecule has 0 atom stereocenters. The van der Waals surface area contributed by atoms with E-state index in [9.17, 15) is 31.1 Å². The first kappa shape index (κ1) is 18.0. The van der Waals surface area contributed by atoms with Gasteiger partial charge in [0.1, 0.15) is 0 Å². The fourth-order valence-electron chi connectivity index (χ4n) is 2.23. The molecule has 1 aliphatic carbocycles. The summed E-state index contributed by atoms with van der Waals surface area (Å²) in [6.45, 7) is 0. The van der Waals surface area contributed by atoms with Gasteiger partial charge in [-0.2, -0.15) is 26.3 Å². The van der Waals surface area contributed by atoms with Crippen LogP contribution in [-0.4, -0.2) is 18.1 Å². The molecule has 0 radical (unpaired) electrons. The lowest BCUT2D eigenvalue weighted by atomic mass is 9.78. The van der Waals surface area contributed by atoms with Crippen LogP contribution in [0.4, 0.5) is 26.3 Å². The third kappa shape index (κ3) is 3.44. The lowest BCUT2D eigenvalue weighted by molar-refractivity contribution is -0.320. The first-order chi connectivity index (χ1) is 11.1. The van der Waals surface area contributed by atoms with Crippen molar-refractivity contribution in [3.8, 4) is 0 Å². The number of carbonyl (C=O) groups excluding carboxylic acids is 1. The Morgan fingerprint density at radius 2 is 1.58 bits per heavy atom. The quantitative estimate of drug-likeness (QED) is 0.406. The van der Waals surface area contributed by atoms with Crippen LogP contribution in [0.5, 0.6) is 0 Å². The Hall–Kier alpha value is -2.31. The molecule has 0 N–H and O–H groups in total. The summed E-state index contributed by atoms with van der Waals surface area (Å²) in [5, 5.41) is 0. The van der Waals surface area contributed by atoms with Crippen molar-refractivity contribution in [2.24, 2.45) is 5.41 Å². The standard InChI is InChI=1S/C17H12F6O/c18-16(19,20)15(17(21,22)23)10-8-12(9-11-15)6-7-14(24)13-4-2-1-3-5-13/h1-10H,11H2. The van der Waals surface area contributed by atoms with E-state index in [1.165, 1.54) is 6.08 Å². The fraction of sp³-hybridized carbons (Fsp3) is 0.235. The van der Waals surface area contributed by atoms with Crippen molar-refractivity contribution in [3.05, 3.63) is 71.8 Å². The molecule has 1 nitrogen and oxygen atoms in total. The summed E-state index contributed by atoms with van der Waals surface area (Å²) in [5.74, 6) is -0.395. The summed E-state index contributed by atoms with van der Waals surface area (Å²) in [5.41, 5.74) is -3.40. The Bertz CT molecular complexity index is 678. The van der Waals surface area contributed by atoms with Gasteiger partial charge in [0.2, 0.25) is 0 Å². The van der Waals surface area contributed by atoms with Gasteiger partial charge in [0.15, 0.2) is 11.2 Å². The molecule has 1 aromatic carbocycles. The molecular formula is C17H12F6O. The molecule has 1 aromatic rings. The number of alkyl halides is 6. The maximum atomic E-state index is 12.9. The van der Waals surface area contributed by atoms with Crippen LogP contribution >= 0.6 is 0 Å². The summed E-state index contributed by atoms with van der Waals surface area (Å²) in [4.78, 5) is 11.8. The van der Waals surface area contributed by atoms with Crippen LogP contribution in [-0.2, 0) is 0 Å². The van der Waals surface area contributed by atoms with E-state index in [4.69, 9.17) is 0 Å². The van der Waals surface area contributed by atoms with Crippen LogP contribution in [0.2, 0.25) is 0 Å². The smallest absolute Gasteiger partial charge is 0.289 e. The fourth-order valence-corrected chi connectivity index (χ4v) is 2.23. The van der Waals surface area contributed by atoms with Crippen molar-refractivity contribution in [3.63, 3.8) is 0 Å². The van der Waals surface area contributed by atoms with Crippen molar-refractivity contribution in [2.45, 2.75) is 18.8 Å². The van der Waals surface area contributed by atoms with E-state index >= 15 is 0 Å². The largest absolute Gasteiger partial charge is 0.406 e. The minimum absolute atomic E-state index is 0.111. The number of hydrogen-bond acceptors (Lipinski definition) is 1. The van der Waals surface area contributed by atoms with Crippen LogP contribution in [0.25, 0.3) is 0 Å². The SMILES string of the molecule is O=C(C=CC1=CCC(C(F)(F)F)(C(F)(F)F)C=C1)c1ccccc1. The third-order valence-corrected chi connectivity index (χ3v) is 3.72. The van der Waals surface area contributed by atoms with Gasteiger partial charge in [-0.05, 0) is 18.1 Å². The van der Waals surface area contributed by atoms with Crippen LogP contribution in [0.3, 0.4) is 0 Å². The van der Waals surface area contributed by atoms with Gasteiger partial charge >= 0.3 is 12.4 Å². The van der Waals surface area contributed by atoms with Gasteiger partial charge in [0.05, 0.1) is 0 Å². The minimum atomic E-state index is -5.45. The number of halogens is 6. The number of benzene rings is 1. The van der Waals surface area contributed by atoms with Gasteiger partial charge < -0.3 is 0 Å². The first-order valence-electron chi connectivity index (χ1n) is 6.87. The van der Waals surface area contributed by atoms with E-state index in [1.54, 1.807) is 30.3 Å². The summed E-state index contributed by atoms with van der Waals surface area (Å²) < 4.78 is 77.3. The van der Waals surface area contributed by atoms with E-state index in [0.29, 0.717) is 5.56 Å². The third-order valence-electron chi connectivity index (χ3n) is 3.72. The van der Waals surface area contributed by atoms with E-state index in [2.05, 4.69) is 0 Å². The predicted molar refractivity (Wildman–Crippen MR) is 76.3 cm³/mol. The Morgan fingerprint density at radius 3 is 2.04 bits per heavy atom. The molecule has 0 heterocycles. The monoisotopic (exact) mass is 346 g/mol. The molecule has 0 fully saturated rings. The van der Waals surface area contributed by atoms with E-state index < -0.39 is 30.0 Å². The number of carbonyl (C=O) groups is 1. The highest BCUT2D eigenvalue weighted by atomic mass is 19.4. The number of ketones is 1. The van der Waals surface area contributed by atoms with Crippen LogP contribution in [0, 0.1) is 5.41 Å². The van der Waals surface area contributed by atoms with Crippen molar-refractivity contribution in [1.29, 1.82) is 0 Å². The second kappa shape index (κ2) is 6.30. The zero-order valence-electron chi connectivity index (χ0n) is 12.2. The Balaban J connectivity index is 2.18. The molecule has 2 rings (SSSR count). The summed E-state index contributed by atoms with van der Waals surface area (Å²) in [7, 11) is 0. The van der Waals surface area contributed by atoms with E-state index in [0.717, 1.165) is 18.2 Å². The number of rotatable bonds is 3. The van der Waals surface area contributed by atoms with Gasteiger partial charge in [-0.1, -0.05) is 54.6 Å². The van der Waals surface area contributed by atoms with Gasteiger partial charge in [-0.3, -0.25) is 4.79 Å². The highest BCUT2D eigenvalue weighted by Crippen LogP contribution is 2.55. The van der Waals surface area contributed by atoms with Crippen molar-refractivity contribution < 1.29 is 31.1 Å². The zero-order valence-corrected chi connectivity index (χ0v) is 12.2. The summed E-state index contributed by atoms with van der Waals surface area (Å²) in [6, 6.07) is 8.09. The van der Waals surface area contributed by atoms with E-state index in [-0.39, 0.29) is 11.6 Å². The lowest BCUT2D eigenvalue weighted by Gasteiger charge is -2.35. The van der Waals surface area contributed by atoms with Gasteiger partial charge in [-0.25, -0.2) is 0 Å². The van der Waals surface area contributed by atoms with Crippen molar-refractivity contribution in [1.82, 2.24) is 0 Å². The zero-order chi connectivity index (χ0) is 18.0. The molecule has 0 saturated heterocycles. The Kier molecular flexibility index (Phi) is 4.73. The molecule has 1 aliphatic rings. The molecular weight excluding hydrogens is 334 g/mol. The molecule has 0 bridgehead atoms. The molecule has 0 aromatic heterocycles. The van der Waals surface area contributed by atoms with E-state index in [1.807, 2.05) is 0 Å². The van der Waals surface area contributed by atoms with Crippen LogP contribution in [0.15, 0.2) is 66.3 Å². The first-order valence-corrected chi connectivity index (χ1v) is 6.87. The predicted octanol–water partition coefficient (Wildman–Crippen LogP) is 5.42. The van der Waals surface area contributed by atoms with Crippen molar-refractivity contribution >= 4 is 5.78 Å². The maximum absolute atomic E-state index is 12.9. The molecule has 24 heavy (non-hydrogen) atoms. The molecule has 128 valence electrons. The average molecular weight is 346 g/mol. The second-order valence-corrected chi connectivity index (χ2v) is 5.27. The minimum Gasteiger partial charge on any atom is -0.289 e. The highest BCUT2D eigenvalue weighted by molar-refractivity contribution is 6.04. The molecule has 0 saturated carbocycles. The maximum Gasteiger partial charge on any atom is 0.406 e. The topological polar surface area (TPSA) is 17.1 Å². The van der Waals surface area contributed by atoms with Gasteiger partial charge in [-0.15, -0.1) is 0 Å². The molecule has 7 heteroatoms. The Morgan fingerprint density at radius 1 is 1.00 bits per heavy atom. The Labute approximate surface area is 134 Å². The van der Waals surface area contributed by atoms with Crippen LogP contribution < -0.4 is 0 Å². The molecule has 0 aliphatic heterocycles. The average Bonchev–Trinajstić information content (AvgIpc) is 2.51. The molecule has 0 spiro atoms. The summed E-state index contributed by atoms with van der Waals surface area (Å²) >= 11 is 0. The van der Waals surface area contributed by atoms with Crippen LogP contribution in [0.1, 0.15) is 16.8 Å². The molecule has 0 amide bonds. The lowest BCUT2D eigenvalue weighted by Crippen LogP contribution is -2.48. The number of hydrogen-bond donors (Lipinski definition) is 0.